The molecule has 1 fully saturated rings. The van der Waals surface area contributed by atoms with E-state index < -0.39 is 0 Å². The molecule has 1 aliphatic rings. The van der Waals surface area contributed by atoms with E-state index in [9.17, 15) is 4.79 Å². The van der Waals surface area contributed by atoms with Crippen LogP contribution >= 0.6 is 0 Å². The smallest absolute Gasteiger partial charge is 0.251 e. The summed E-state index contributed by atoms with van der Waals surface area (Å²) in [5, 5.41) is 1.12. The van der Waals surface area contributed by atoms with Gasteiger partial charge in [-0.25, -0.2) is 0 Å². The van der Waals surface area contributed by atoms with Crippen LogP contribution in [0.15, 0.2) is 89.7 Å². The van der Waals surface area contributed by atoms with Gasteiger partial charge in [0.05, 0.1) is 0 Å². The Morgan fingerprint density at radius 2 is 1.47 bits per heavy atom. The van der Waals surface area contributed by atoms with Gasteiger partial charge in [-0.1, -0.05) is 72.8 Å². The van der Waals surface area contributed by atoms with E-state index in [-0.39, 0.29) is 5.56 Å². The molecule has 0 bridgehead atoms. The van der Waals surface area contributed by atoms with Crippen LogP contribution in [0.4, 0.5) is 0 Å². The second-order valence-corrected chi connectivity index (χ2v) is 8.25. The van der Waals surface area contributed by atoms with Crippen LogP contribution in [0.5, 0.6) is 0 Å². The molecule has 0 unspecified atom stereocenters. The van der Waals surface area contributed by atoms with Gasteiger partial charge in [-0.2, -0.15) is 0 Å². The molecule has 5 rings (SSSR count). The number of nitrogens with zero attached hydrogens (tertiary/aromatic N) is 1. The first-order valence-electron chi connectivity index (χ1n) is 10.7. The van der Waals surface area contributed by atoms with E-state index >= 15 is 0 Å². The lowest BCUT2D eigenvalue weighted by Gasteiger charge is -2.32. The minimum absolute atomic E-state index is 0.0728. The van der Waals surface area contributed by atoms with Gasteiger partial charge in [0, 0.05) is 17.6 Å². The predicted molar refractivity (Wildman–Crippen MR) is 124 cm³/mol. The topological polar surface area (TPSA) is 36.1 Å². The molecule has 1 N–H and O–H groups in total. The molecule has 0 spiro atoms. The zero-order valence-electron chi connectivity index (χ0n) is 17.1. The monoisotopic (exact) mass is 394 g/mol. The molecule has 1 aliphatic heterocycles. The van der Waals surface area contributed by atoms with Crippen molar-refractivity contribution in [3.63, 3.8) is 0 Å². The van der Waals surface area contributed by atoms with Gasteiger partial charge in [0.25, 0.3) is 5.56 Å². The van der Waals surface area contributed by atoms with Crippen LogP contribution in [0.3, 0.4) is 0 Å². The highest BCUT2D eigenvalue weighted by atomic mass is 16.1. The third kappa shape index (κ3) is 3.94. The van der Waals surface area contributed by atoms with Crippen LogP contribution < -0.4 is 5.56 Å². The normalized spacial score (nSPS) is 15.5. The maximum absolute atomic E-state index is 12.6. The number of benzene rings is 3. The van der Waals surface area contributed by atoms with Crippen molar-refractivity contribution in [1.29, 1.82) is 0 Å². The van der Waals surface area contributed by atoms with E-state index in [1.807, 2.05) is 24.3 Å². The molecule has 1 saturated heterocycles. The highest BCUT2D eigenvalue weighted by Crippen LogP contribution is 2.28. The van der Waals surface area contributed by atoms with E-state index in [1.165, 1.54) is 16.7 Å². The summed E-state index contributed by atoms with van der Waals surface area (Å²) in [4.78, 5) is 18.1. The first kappa shape index (κ1) is 18.8. The Labute approximate surface area is 177 Å². The van der Waals surface area contributed by atoms with Crippen molar-refractivity contribution in [3.8, 4) is 11.1 Å². The van der Waals surface area contributed by atoms with Crippen LogP contribution in [-0.4, -0.2) is 23.0 Å². The molecule has 0 amide bonds. The first-order valence-corrected chi connectivity index (χ1v) is 10.7. The van der Waals surface area contributed by atoms with Crippen molar-refractivity contribution in [2.75, 3.05) is 13.1 Å². The minimum atomic E-state index is 0.0728. The summed E-state index contributed by atoms with van der Waals surface area (Å²) in [6, 6.07) is 29.5. The Morgan fingerprint density at radius 3 is 2.23 bits per heavy atom. The van der Waals surface area contributed by atoms with Gasteiger partial charge in [0.1, 0.15) is 0 Å². The van der Waals surface area contributed by atoms with Crippen molar-refractivity contribution in [1.82, 2.24) is 9.88 Å². The van der Waals surface area contributed by atoms with Crippen LogP contribution in [0.25, 0.3) is 22.0 Å². The van der Waals surface area contributed by atoms with Gasteiger partial charge in [-0.05, 0) is 66.1 Å². The lowest BCUT2D eigenvalue weighted by molar-refractivity contribution is 0.204. The Kier molecular flexibility index (Phi) is 5.20. The average Bonchev–Trinajstić information content (AvgIpc) is 2.80. The molecule has 1 aromatic heterocycles. The quantitative estimate of drug-likeness (QED) is 0.491. The molecule has 4 aromatic rings. The molecule has 0 radical (unpaired) electrons. The van der Waals surface area contributed by atoms with Gasteiger partial charge in [0.2, 0.25) is 0 Å². The lowest BCUT2D eigenvalue weighted by Crippen LogP contribution is -2.34. The van der Waals surface area contributed by atoms with Gasteiger partial charge in [-0.3, -0.25) is 9.69 Å². The molecule has 0 aliphatic carbocycles. The standard InChI is InChI=1S/C27H26N2O/c30-27-25(18-24-8-4-5-9-26(24)28-27)23-14-16-29(17-15-23)19-20-10-12-22(13-11-20)21-6-2-1-3-7-21/h1-13,18,23H,14-17,19H2,(H,28,30). The van der Waals surface area contributed by atoms with E-state index in [4.69, 9.17) is 0 Å². The van der Waals surface area contributed by atoms with Crippen LogP contribution in [-0.2, 0) is 6.54 Å². The molecule has 30 heavy (non-hydrogen) atoms. The second kappa shape index (κ2) is 8.29. The van der Waals surface area contributed by atoms with Crippen molar-refractivity contribution >= 4 is 10.9 Å². The molecule has 3 aromatic carbocycles. The van der Waals surface area contributed by atoms with E-state index in [2.05, 4.69) is 70.5 Å². The number of nitrogens with one attached hydrogen (secondary N) is 1. The number of H-pyrrole nitrogens is 1. The van der Waals surface area contributed by atoms with Gasteiger partial charge >= 0.3 is 0 Å². The van der Waals surface area contributed by atoms with Crippen LogP contribution in [0.2, 0.25) is 0 Å². The van der Waals surface area contributed by atoms with Crippen molar-refractivity contribution < 1.29 is 0 Å². The molecule has 3 heteroatoms. The highest BCUT2D eigenvalue weighted by Gasteiger charge is 2.23. The zero-order chi connectivity index (χ0) is 20.3. The SMILES string of the molecule is O=c1[nH]c2ccccc2cc1C1CCN(Cc2ccc(-c3ccccc3)cc2)CC1. The molecule has 150 valence electrons. The summed E-state index contributed by atoms with van der Waals surface area (Å²) in [7, 11) is 0. The summed E-state index contributed by atoms with van der Waals surface area (Å²) >= 11 is 0. The van der Waals surface area contributed by atoms with Crippen molar-refractivity contribution in [3.05, 3.63) is 106 Å². The number of pyridine rings is 1. The number of rotatable bonds is 4. The molecule has 0 saturated carbocycles. The fraction of sp³-hybridized carbons (Fsp3) is 0.222. The Hall–Kier alpha value is -3.17. The summed E-state index contributed by atoms with van der Waals surface area (Å²) in [5.41, 5.74) is 5.79. The predicted octanol–water partition coefficient (Wildman–Crippen LogP) is 5.57. The molecule has 0 atom stereocenters. The van der Waals surface area contributed by atoms with Crippen LogP contribution in [0.1, 0.15) is 29.9 Å². The van der Waals surface area contributed by atoms with Crippen LogP contribution in [0, 0.1) is 0 Å². The lowest BCUT2D eigenvalue weighted by atomic mass is 9.89. The van der Waals surface area contributed by atoms with E-state index in [0.717, 1.165) is 48.9 Å². The number of hydrogen-bond acceptors (Lipinski definition) is 2. The molecular formula is C27H26N2O. The Balaban J connectivity index is 1.23. The maximum Gasteiger partial charge on any atom is 0.251 e. The number of fused-ring (bicyclic) bond motifs is 1. The van der Waals surface area contributed by atoms with Crippen molar-refractivity contribution in [2.24, 2.45) is 0 Å². The third-order valence-corrected chi connectivity index (χ3v) is 6.28. The Morgan fingerprint density at radius 1 is 0.800 bits per heavy atom. The third-order valence-electron chi connectivity index (χ3n) is 6.28. The summed E-state index contributed by atoms with van der Waals surface area (Å²) in [6.07, 6.45) is 2.06. The van der Waals surface area contributed by atoms with E-state index in [1.54, 1.807) is 0 Å². The average molecular weight is 395 g/mol. The number of hydrogen-bond donors (Lipinski definition) is 1. The largest absolute Gasteiger partial charge is 0.322 e. The number of aromatic nitrogens is 1. The summed E-state index contributed by atoms with van der Waals surface area (Å²) < 4.78 is 0. The first-order chi connectivity index (χ1) is 14.8. The van der Waals surface area contributed by atoms with Gasteiger partial charge in [0.15, 0.2) is 0 Å². The fourth-order valence-electron chi connectivity index (χ4n) is 4.56. The maximum atomic E-state index is 12.6. The van der Waals surface area contributed by atoms with Gasteiger partial charge in [-0.15, -0.1) is 0 Å². The van der Waals surface area contributed by atoms with E-state index in [0.29, 0.717) is 5.92 Å². The molecular weight excluding hydrogens is 368 g/mol. The zero-order valence-corrected chi connectivity index (χ0v) is 17.1. The van der Waals surface area contributed by atoms with Gasteiger partial charge < -0.3 is 4.98 Å². The molecule has 2 heterocycles. The Bertz CT molecular complexity index is 1190. The summed E-state index contributed by atoms with van der Waals surface area (Å²) in [5.74, 6) is 0.343. The van der Waals surface area contributed by atoms with Crippen molar-refractivity contribution in [2.45, 2.75) is 25.3 Å². The second-order valence-electron chi connectivity index (χ2n) is 8.25. The fourth-order valence-corrected chi connectivity index (χ4v) is 4.56. The number of piperidine rings is 1. The number of likely N-dealkylation sites (tertiary alicyclic amines) is 1. The molecule has 3 nitrogen and oxygen atoms in total. The highest BCUT2D eigenvalue weighted by molar-refractivity contribution is 5.78. The minimum Gasteiger partial charge on any atom is -0.322 e. The summed E-state index contributed by atoms with van der Waals surface area (Å²) in [6.45, 7) is 3.02. The number of aromatic amines is 1. The number of para-hydroxylation sites is 1.